The van der Waals surface area contributed by atoms with E-state index in [2.05, 4.69) is 5.32 Å². The first-order valence-corrected chi connectivity index (χ1v) is 11.1. The van der Waals surface area contributed by atoms with E-state index in [1.807, 2.05) is 38.1 Å². The van der Waals surface area contributed by atoms with Gasteiger partial charge in [0.1, 0.15) is 5.75 Å². The number of nitrogens with zero attached hydrogens (tertiary/aromatic N) is 1. The summed E-state index contributed by atoms with van der Waals surface area (Å²) in [6.07, 6.45) is 1.41. The van der Waals surface area contributed by atoms with Gasteiger partial charge in [0.05, 0.1) is 18.0 Å². The van der Waals surface area contributed by atoms with Crippen LogP contribution in [0.25, 0.3) is 0 Å². The summed E-state index contributed by atoms with van der Waals surface area (Å²) < 4.78 is 31.3. The van der Waals surface area contributed by atoms with Crippen molar-refractivity contribution in [2.75, 3.05) is 21.2 Å². The van der Waals surface area contributed by atoms with E-state index in [4.69, 9.17) is 4.74 Å². The van der Waals surface area contributed by atoms with Gasteiger partial charge < -0.3 is 10.1 Å². The fourth-order valence-corrected chi connectivity index (χ4v) is 4.17. The molecule has 0 aliphatic heterocycles. The van der Waals surface area contributed by atoms with Crippen molar-refractivity contribution in [2.45, 2.75) is 44.0 Å². The van der Waals surface area contributed by atoms with Gasteiger partial charge in [-0.2, -0.15) is 0 Å². The first-order valence-electron chi connectivity index (χ1n) is 9.65. The van der Waals surface area contributed by atoms with Gasteiger partial charge in [0.25, 0.3) is 0 Å². The number of amides is 1. The molecule has 1 atom stereocenters. The number of carbonyl (C=O) groups excluding carboxylic acids is 1. The molecule has 2 aromatic carbocycles. The summed E-state index contributed by atoms with van der Waals surface area (Å²) in [5.41, 5.74) is 2.94. The third-order valence-corrected chi connectivity index (χ3v) is 6.77. The molecule has 2 rings (SSSR count). The molecule has 1 N–H and O–H groups in total. The number of hydrogen-bond donors (Lipinski definition) is 1. The molecule has 0 radical (unpaired) electrons. The Morgan fingerprint density at radius 2 is 1.86 bits per heavy atom. The molecular formula is C22H30N2O4S. The van der Waals surface area contributed by atoms with Crippen molar-refractivity contribution in [3.8, 4) is 5.75 Å². The molecule has 0 saturated carbocycles. The molecule has 158 valence electrons. The molecule has 0 bridgehead atoms. The highest BCUT2D eigenvalue weighted by Gasteiger charge is 2.20. The van der Waals surface area contributed by atoms with Gasteiger partial charge in [0.15, 0.2) is 0 Å². The minimum absolute atomic E-state index is 0.0500. The van der Waals surface area contributed by atoms with Crippen molar-refractivity contribution in [1.29, 1.82) is 0 Å². The lowest BCUT2D eigenvalue weighted by atomic mass is 9.99. The fraction of sp³-hybridized carbons (Fsp3) is 0.409. The SMILES string of the molecule is CC[C@@H](NC(=O)CCc1cc(S(=O)(=O)N(C)C)ccc1OC)c1ccccc1C. The van der Waals surface area contributed by atoms with Crippen LogP contribution in [0, 0.1) is 6.92 Å². The van der Waals surface area contributed by atoms with E-state index >= 15 is 0 Å². The zero-order valence-electron chi connectivity index (χ0n) is 17.7. The average Bonchev–Trinajstić information content (AvgIpc) is 2.70. The number of aryl methyl sites for hydroxylation is 2. The third-order valence-electron chi connectivity index (χ3n) is 4.96. The largest absolute Gasteiger partial charge is 0.496 e. The number of rotatable bonds is 9. The first-order chi connectivity index (χ1) is 13.7. The van der Waals surface area contributed by atoms with Crippen LogP contribution < -0.4 is 10.1 Å². The van der Waals surface area contributed by atoms with Crippen molar-refractivity contribution in [3.05, 3.63) is 59.2 Å². The molecule has 0 aromatic heterocycles. The number of carbonyl (C=O) groups is 1. The van der Waals surface area contributed by atoms with Crippen molar-refractivity contribution in [3.63, 3.8) is 0 Å². The fourth-order valence-electron chi connectivity index (χ4n) is 3.21. The molecule has 7 heteroatoms. The minimum Gasteiger partial charge on any atom is -0.496 e. The lowest BCUT2D eigenvalue weighted by Crippen LogP contribution is -2.28. The Balaban J connectivity index is 2.14. The summed E-state index contributed by atoms with van der Waals surface area (Å²) in [4.78, 5) is 12.8. The minimum atomic E-state index is -3.55. The first kappa shape index (κ1) is 22.9. The standard InChI is InChI=1S/C22H30N2O4S/c1-6-20(19-10-8-7-9-16(19)2)23-22(25)14-11-17-15-18(12-13-21(17)28-5)29(26,27)24(3)4/h7-10,12-13,15,20H,6,11,14H2,1-5H3,(H,23,25)/t20-/m1/s1. The van der Waals surface area contributed by atoms with Gasteiger partial charge in [-0.1, -0.05) is 31.2 Å². The Morgan fingerprint density at radius 1 is 1.17 bits per heavy atom. The maximum absolute atomic E-state index is 12.6. The summed E-state index contributed by atoms with van der Waals surface area (Å²) >= 11 is 0. The van der Waals surface area contributed by atoms with Gasteiger partial charge in [-0.3, -0.25) is 4.79 Å². The molecule has 0 unspecified atom stereocenters. The lowest BCUT2D eigenvalue weighted by molar-refractivity contribution is -0.121. The molecule has 1 amide bonds. The van der Waals surface area contributed by atoms with Crippen molar-refractivity contribution >= 4 is 15.9 Å². The second kappa shape index (κ2) is 9.89. The smallest absolute Gasteiger partial charge is 0.242 e. The number of nitrogens with one attached hydrogen (secondary N) is 1. The lowest BCUT2D eigenvalue weighted by Gasteiger charge is -2.20. The molecule has 0 heterocycles. The third kappa shape index (κ3) is 5.58. The Kier molecular flexibility index (Phi) is 7.81. The number of hydrogen-bond acceptors (Lipinski definition) is 4. The van der Waals surface area contributed by atoms with Crippen LogP contribution in [0.1, 0.15) is 42.5 Å². The van der Waals surface area contributed by atoms with Crippen LogP contribution in [0.15, 0.2) is 47.4 Å². The van der Waals surface area contributed by atoms with Crippen LogP contribution in [0.5, 0.6) is 5.75 Å². The molecule has 2 aromatic rings. The molecule has 0 saturated heterocycles. The molecular weight excluding hydrogens is 388 g/mol. The quantitative estimate of drug-likeness (QED) is 0.677. The van der Waals surface area contributed by atoms with E-state index in [1.54, 1.807) is 12.1 Å². The van der Waals surface area contributed by atoms with Crippen LogP contribution in [0.3, 0.4) is 0 Å². The summed E-state index contributed by atoms with van der Waals surface area (Å²) in [7, 11) is 0.961. The van der Waals surface area contributed by atoms with Gasteiger partial charge in [-0.15, -0.1) is 0 Å². The van der Waals surface area contributed by atoms with Gasteiger partial charge in [0, 0.05) is 20.5 Å². The van der Waals surface area contributed by atoms with Crippen LogP contribution in [-0.2, 0) is 21.2 Å². The maximum Gasteiger partial charge on any atom is 0.242 e. The van der Waals surface area contributed by atoms with Gasteiger partial charge in [-0.05, 0) is 54.7 Å². The predicted molar refractivity (Wildman–Crippen MR) is 115 cm³/mol. The molecule has 0 spiro atoms. The zero-order valence-corrected chi connectivity index (χ0v) is 18.5. The highest BCUT2D eigenvalue weighted by atomic mass is 32.2. The Hall–Kier alpha value is -2.38. The zero-order chi connectivity index (χ0) is 21.6. The van der Waals surface area contributed by atoms with Crippen LogP contribution >= 0.6 is 0 Å². The predicted octanol–water partition coefficient (Wildman–Crippen LogP) is 3.45. The van der Waals surface area contributed by atoms with Gasteiger partial charge in [0.2, 0.25) is 15.9 Å². The van der Waals surface area contributed by atoms with E-state index in [-0.39, 0.29) is 23.3 Å². The summed E-state index contributed by atoms with van der Waals surface area (Å²) in [6.45, 7) is 4.07. The van der Waals surface area contributed by atoms with Crippen LogP contribution in [0.4, 0.5) is 0 Å². The summed E-state index contributed by atoms with van der Waals surface area (Å²) in [5, 5.41) is 3.09. The normalized spacial score (nSPS) is 12.6. The van der Waals surface area contributed by atoms with Gasteiger partial charge >= 0.3 is 0 Å². The molecule has 0 aliphatic rings. The average molecular weight is 419 g/mol. The molecule has 0 fully saturated rings. The Morgan fingerprint density at radius 3 is 2.45 bits per heavy atom. The van der Waals surface area contributed by atoms with Crippen LogP contribution in [-0.4, -0.2) is 39.8 Å². The number of methoxy groups -OCH3 is 1. The molecule has 6 nitrogen and oxygen atoms in total. The monoisotopic (exact) mass is 418 g/mol. The Bertz CT molecular complexity index is 955. The summed E-state index contributed by atoms with van der Waals surface area (Å²) in [5.74, 6) is 0.490. The highest BCUT2D eigenvalue weighted by Crippen LogP contribution is 2.25. The molecule has 29 heavy (non-hydrogen) atoms. The van der Waals surface area contributed by atoms with Crippen molar-refractivity contribution in [1.82, 2.24) is 9.62 Å². The Labute approximate surface area is 173 Å². The van der Waals surface area contributed by atoms with Crippen molar-refractivity contribution < 1.29 is 17.9 Å². The number of sulfonamides is 1. The molecule has 0 aliphatic carbocycles. The van der Waals surface area contributed by atoms with Crippen LogP contribution in [0.2, 0.25) is 0 Å². The number of benzene rings is 2. The maximum atomic E-state index is 12.6. The van der Waals surface area contributed by atoms with E-state index < -0.39 is 10.0 Å². The van der Waals surface area contributed by atoms with E-state index in [9.17, 15) is 13.2 Å². The highest BCUT2D eigenvalue weighted by molar-refractivity contribution is 7.89. The second-order valence-electron chi connectivity index (χ2n) is 7.15. The summed E-state index contributed by atoms with van der Waals surface area (Å²) in [6, 6.07) is 12.7. The van der Waals surface area contributed by atoms with Crippen molar-refractivity contribution in [2.24, 2.45) is 0 Å². The van der Waals surface area contributed by atoms with E-state index in [1.165, 1.54) is 31.6 Å². The van der Waals surface area contributed by atoms with Gasteiger partial charge in [-0.25, -0.2) is 12.7 Å². The number of ether oxygens (including phenoxy) is 1. The topological polar surface area (TPSA) is 75.7 Å². The van der Waals surface area contributed by atoms with E-state index in [0.29, 0.717) is 17.7 Å². The second-order valence-corrected chi connectivity index (χ2v) is 9.30. The van der Waals surface area contributed by atoms with E-state index in [0.717, 1.165) is 17.5 Å².